The summed E-state index contributed by atoms with van der Waals surface area (Å²) in [6, 6.07) is 0. The summed E-state index contributed by atoms with van der Waals surface area (Å²) < 4.78 is 0. The Labute approximate surface area is 229 Å². The van der Waals surface area contributed by atoms with E-state index in [1.807, 2.05) is 0 Å². The minimum atomic E-state index is -1.33. The third kappa shape index (κ3) is 26.7. The van der Waals surface area contributed by atoms with Gasteiger partial charge in [0.25, 0.3) is 0 Å². The molecule has 164 valence electrons. The van der Waals surface area contributed by atoms with Crippen LogP contribution in [0, 0.1) is 5.92 Å². The first-order valence-corrected chi connectivity index (χ1v) is 11.6. The normalized spacial score (nSPS) is 11.6. The summed E-state index contributed by atoms with van der Waals surface area (Å²) in [6.45, 7) is 2.26. The molecule has 4 nitrogen and oxygen atoms in total. The maximum absolute atomic E-state index is 10.8. The van der Waals surface area contributed by atoms with Crippen LogP contribution >= 0.6 is 0 Å². The van der Waals surface area contributed by atoms with E-state index in [4.69, 9.17) is 0 Å². The molecule has 0 amide bonds. The molecule has 1 unspecified atom stereocenters. The second-order valence-corrected chi connectivity index (χ2v) is 8.03. The first-order valence-electron chi connectivity index (χ1n) is 11.6. The maximum atomic E-state index is 10.8. The SMILES string of the molecule is CCCCCCCCCCCCCCC/C=C/CCCC(CC(=O)[O-])C(=O)[O-].[Na+].[Na+]. The standard InChI is InChI=1S/C24H44O4.2Na/c1-2-3-4-5-6-7-8-9-10-11-12-13-14-15-16-17-18-19-20-22(24(27)28)21-23(25)26;;/h16-17,22H,2-15,18-21H2,1H3,(H,25,26)(H,27,28);;/q;2*+1/p-2/b17-16+;;. The van der Waals surface area contributed by atoms with Crippen LogP contribution in [0.4, 0.5) is 0 Å². The zero-order valence-corrected chi connectivity index (χ0v) is 24.1. The van der Waals surface area contributed by atoms with Crippen LogP contribution in [-0.4, -0.2) is 11.9 Å². The predicted octanol–water partition coefficient (Wildman–Crippen LogP) is -1.29. The van der Waals surface area contributed by atoms with Crippen molar-refractivity contribution in [2.24, 2.45) is 5.92 Å². The average Bonchev–Trinajstić information content (AvgIpc) is 2.65. The molecule has 0 aliphatic carbocycles. The molecule has 0 bridgehead atoms. The number of unbranched alkanes of at least 4 members (excludes halogenated alkanes) is 14. The van der Waals surface area contributed by atoms with Crippen molar-refractivity contribution >= 4 is 11.9 Å². The molecule has 30 heavy (non-hydrogen) atoms. The minimum absolute atomic E-state index is 0. The van der Waals surface area contributed by atoms with Crippen LogP contribution in [0.5, 0.6) is 0 Å². The van der Waals surface area contributed by atoms with Crippen LogP contribution in [0.25, 0.3) is 0 Å². The fraction of sp³-hybridized carbons (Fsp3) is 0.833. The van der Waals surface area contributed by atoms with Gasteiger partial charge in [0.2, 0.25) is 0 Å². The molecule has 0 fully saturated rings. The Morgan fingerprint density at radius 1 is 0.667 bits per heavy atom. The molecule has 0 aliphatic rings. The number of carbonyl (C=O) groups excluding carboxylic acids is 2. The van der Waals surface area contributed by atoms with Gasteiger partial charge in [-0.3, -0.25) is 0 Å². The predicted molar refractivity (Wildman–Crippen MR) is 111 cm³/mol. The van der Waals surface area contributed by atoms with Crippen molar-refractivity contribution in [1.82, 2.24) is 0 Å². The summed E-state index contributed by atoms with van der Waals surface area (Å²) >= 11 is 0. The molecular formula is C24H42Na2O4. The van der Waals surface area contributed by atoms with E-state index in [2.05, 4.69) is 19.1 Å². The van der Waals surface area contributed by atoms with Gasteiger partial charge in [-0.15, -0.1) is 0 Å². The van der Waals surface area contributed by atoms with Crippen molar-refractivity contribution < 1.29 is 78.9 Å². The quantitative estimate of drug-likeness (QED) is 0.126. The van der Waals surface area contributed by atoms with E-state index in [1.54, 1.807) is 0 Å². The first-order chi connectivity index (χ1) is 13.6. The summed E-state index contributed by atoms with van der Waals surface area (Å²) in [6.07, 6.45) is 24.3. The molecule has 0 aromatic rings. The van der Waals surface area contributed by atoms with Crippen LogP contribution in [-0.2, 0) is 9.59 Å². The van der Waals surface area contributed by atoms with E-state index in [-0.39, 0.29) is 59.1 Å². The average molecular weight is 441 g/mol. The van der Waals surface area contributed by atoms with Crippen LogP contribution in [0.15, 0.2) is 12.2 Å². The smallest absolute Gasteiger partial charge is 0.550 e. The summed E-state index contributed by atoms with van der Waals surface area (Å²) in [7, 11) is 0. The summed E-state index contributed by atoms with van der Waals surface area (Å²) in [5.74, 6) is -3.55. The van der Waals surface area contributed by atoms with Gasteiger partial charge in [-0.1, -0.05) is 96.1 Å². The van der Waals surface area contributed by atoms with Crippen molar-refractivity contribution in [2.75, 3.05) is 0 Å². The maximum Gasteiger partial charge on any atom is 1.00 e. The number of carboxylic acids is 2. The number of rotatable bonds is 21. The fourth-order valence-corrected chi connectivity index (χ4v) is 3.50. The fourth-order valence-electron chi connectivity index (χ4n) is 3.50. The Morgan fingerprint density at radius 3 is 1.47 bits per heavy atom. The van der Waals surface area contributed by atoms with E-state index in [0.29, 0.717) is 12.8 Å². The van der Waals surface area contributed by atoms with Gasteiger partial charge in [0.15, 0.2) is 0 Å². The molecule has 0 heterocycles. The van der Waals surface area contributed by atoms with E-state index in [1.165, 1.54) is 83.5 Å². The molecule has 0 radical (unpaired) electrons. The number of aliphatic carboxylic acids is 2. The van der Waals surface area contributed by atoms with Gasteiger partial charge in [-0.2, -0.15) is 0 Å². The van der Waals surface area contributed by atoms with Gasteiger partial charge in [0, 0.05) is 17.9 Å². The second kappa shape index (κ2) is 27.7. The molecule has 0 saturated carbocycles. The molecular weight excluding hydrogens is 398 g/mol. The minimum Gasteiger partial charge on any atom is -0.550 e. The third-order valence-electron chi connectivity index (χ3n) is 5.31. The van der Waals surface area contributed by atoms with Gasteiger partial charge in [-0.25, -0.2) is 0 Å². The van der Waals surface area contributed by atoms with E-state index in [0.717, 1.165) is 12.8 Å². The van der Waals surface area contributed by atoms with Crippen LogP contribution in [0.1, 0.15) is 122 Å². The molecule has 0 N–H and O–H groups in total. The molecule has 0 spiro atoms. The molecule has 6 heteroatoms. The molecule has 0 aromatic heterocycles. The Hall–Kier alpha value is 0.680. The van der Waals surface area contributed by atoms with Crippen molar-refractivity contribution in [3.8, 4) is 0 Å². The van der Waals surface area contributed by atoms with Gasteiger partial charge >= 0.3 is 59.1 Å². The first kappa shape index (κ1) is 35.3. The molecule has 1 atom stereocenters. The summed E-state index contributed by atoms with van der Waals surface area (Å²) in [5.41, 5.74) is 0. The van der Waals surface area contributed by atoms with Crippen molar-refractivity contribution in [1.29, 1.82) is 0 Å². The Morgan fingerprint density at radius 2 is 1.07 bits per heavy atom. The van der Waals surface area contributed by atoms with E-state index >= 15 is 0 Å². The van der Waals surface area contributed by atoms with Crippen LogP contribution in [0.3, 0.4) is 0 Å². The molecule has 0 aromatic carbocycles. The van der Waals surface area contributed by atoms with Gasteiger partial charge < -0.3 is 19.8 Å². The number of carbonyl (C=O) groups is 2. The Kier molecular flexibility index (Phi) is 32.6. The largest absolute Gasteiger partial charge is 1.00 e. The number of hydrogen-bond donors (Lipinski definition) is 0. The summed E-state index contributed by atoms with van der Waals surface area (Å²) in [4.78, 5) is 21.3. The monoisotopic (exact) mass is 440 g/mol. The van der Waals surface area contributed by atoms with Crippen molar-refractivity contribution in [2.45, 2.75) is 122 Å². The third-order valence-corrected chi connectivity index (χ3v) is 5.31. The Bertz CT molecular complexity index is 414. The van der Waals surface area contributed by atoms with Crippen LogP contribution < -0.4 is 69.3 Å². The summed E-state index contributed by atoms with van der Waals surface area (Å²) in [5, 5.41) is 21.3. The van der Waals surface area contributed by atoms with Gasteiger partial charge in [-0.05, 0) is 38.5 Å². The number of allylic oxidation sites excluding steroid dienone is 2. The zero-order valence-electron chi connectivity index (χ0n) is 20.1. The van der Waals surface area contributed by atoms with Gasteiger partial charge in [0.1, 0.15) is 0 Å². The zero-order chi connectivity index (χ0) is 20.9. The van der Waals surface area contributed by atoms with Gasteiger partial charge in [0.05, 0.1) is 0 Å². The topological polar surface area (TPSA) is 80.3 Å². The van der Waals surface area contributed by atoms with E-state index in [9.17, 15) is 19.8 Å². The Balaban J connectivity index is -0.00000364. The van der Waals surface area contributed by atoms with Crippen molar-refractivity contribution in [3.63, 3.8) is 0 Å². The number of carboxylic acid groups (broad SMARTS) is 2. The molecule has 0 rings (SSSR count). The molecule has 0 aliphatic heterocycles. The second-order valence-electron chi connectivity index (χ2n) is 8.03. The van der Waals surface area contributed by atoms with Crippen molar-refractivity contribution in [3.05, 3.63) is 12.2 Å². The number of hydrogen-bond acceptors (Lipinski definition) is 4. The van der Waals surface area contributed by atoms with Crippen LogP contribution in [0.2, 0.25) is 0 Å². The molecule has 0 saturated heterocycles. The van der Waals surface area contributed by atoms with E-state index < -0.39 is 24.3 Å².